The van der Waals surface area contributed by atoms with Crippen molar-refractivity contribution in [1.29, 1.82) is 0 Å². The predicted octanol–water partition coefficient (Wildman–Crippen LogP) is 21.8. The molecule has 0 radical (unpaired) electrons. The lowest BCUT2D eigenvalue weighted by atomic mass is 10.0. The number of allylic oxidation sites excluding steroid dienone is 18. The van der Waals surface area contributed by atoms with Crippen molar-refractivity contribution >= 4 is 17.9 Å². The standard InChI is InChI=1S/C70H118O6/c1-4-7-10-13-16-18-20-22-24-26-28-30-31-32-33-34-35-36-37-38-39-41-42-44-46-48-50-52-54-57-60-63-69(72)75-66-67(65-74-68(71)62-59-56-15-12-9-6-3)76-70(73)64-61-58-55-53-51-49-47-45-43-40-29-27-25-23-21-19-17-14-11-8-5-2/h7,10,16,18,22,24,28,30,32-33,35-36,38-39,42,44,48,50,67H,4-6,8-9,11-15,17,19-21,23,25-27,29,31,34,37,40-41,43,45-47,49,51-66H2,1-3H3/b10-7-,18-16-,24-22-,30-28-,33-32-,36-35-,39-38-,44-42-,50-48-. The van der Waals surface area contributed by atoms with Crippen molar-refractivity contribution in [2.45, 2.75) is 303 Å². The molecule has 0 aliphatic carbocycles. The SMILES string of the molecule is CC/C=C\C/C=C\C/C=C\C/C=C\C/C=C\C/C=C\C/C=C\C/C=C\C/C=C\CCCCCC(=O)OCC(COC(=O)CCCCCCCC)OC(=O)CCCCCCCCCCCCCCCCCCCCCCC. The lowest BCUT2D eigenvalue weighted by Gasteiger charge is -2.18. The Morgan fingerprint density at radius 3 is 0.803 bits per heavy atom. The van der Waals surface area contributed by atoms with E-state index < -0.39 is 6.10 Å². The van der Waals surface area contributed by atoms with Gasteiger partial charge in [-0.25, -0.2) is 0 Å². The van der Waals surface area contributed by atoms with Crippen molar-refractivity contribution < 1.29 is 28.6 Å². The Balaban J connectivity index is 4.18. The molecule has 0 fully saturated rings. The average molecular weight is 1060 g/mol. The normalized spacial score (nSPS) is 12.8. The van der Waals surface area contributed by atoms with Crippen LogP contribution >= 0.6 is 0 Å². The highest BCUT2D eigenvalue weighted by molar-refractivity contribution is 5.71. The molecule has 0 heterocycles. The third-order valence-electron chi connectivity index (χ3n) is 13.5. The highest BCUT2D eigenvalue weighted by atomic mass is 16.6. The van der Waals surface area contributed by atoms with E-state index in [1.165, 1.54) is 135 Å². The second kappa shape index (κ2) is 63.6. The Bertz CT molecular complexity index is 1540. The summed E-state index contributed by atoms with van der Waals surface area (Å²) in [5.41, 5.74) is 0. The van der Waals surface area contributed by atoms with Crippen molar-refractivity contribution in [2.24, 2.45) is 0 Å². The Hall–Kier alpha value is -3.93. The molecule has 0 saturated heterocycles. The number of ether oxygens (including phenoxy) is 3. The van der Waals surface area contributed by atoms with Gasteiger partial charge in [-0.1, -0.05) is 297 Å². The number of hydrogen-bond acceptors (Lipinski definition) is 6. The molecule has 0 N–H and O–H groups in total. The maximum atomic E-state index is 12.8. The van der Waals surface area contributed by atoms with Crippen LogP contribution in [0.5, 0.6) is 0 Å². The van der Waals surface area contributed by atoms with Gasteiger partial charge in [0.15, 0.2) is 6.10 Å². The zero-order valence-corrected chi connectivity index (χ0v) is 49.7. The maximum absolute atomic E-state index is 12.8. The minimum absolute atomic E-state index is 0.0870. The summed E-state index contributed by atoms with van der Waals surface area (Å²) in [5, 5.41) is 0. The van der Waals surface area contributed by atoms with Gasteiger partial charge >= 0.3 is 17.9 Å². The van der Waals surface area contributed by atoms with Crippen LogP contribution in [-0.4, -0.2) is 37.2 Å². The molecule has 0 aromatic rings. The second-order valence-corrected chi connectivity index (χ2v) is 21.0. The maximum Gasteiger partial charge on any atom is 0.306 e. The van der Waals surface area contributed by atoms with Crippen LogP contribution in [0.15, 0.2) is 109 Å². The van der Waals surface area contributed by atoms with Gasteiger partial charge < -0.3 is 14.2 Å². The highest BCUT2D eigenvalue weighted by Gasteiger charge is 2.19. The van der Waals surface area contributed by atoms with E-state index in [4.69, 9.17) is 14.2 Å². The smallest absolute Gasteiger partial charge is 0.306 e. The largest absolute Gasteiger partial charge is 0.462 e. The summed E-state index contributed by atoms with van der Waals surface area (Å²) in [5.74, 6) is -0.924. The molecular formula is C70H118O6. The molecule has 1 atom stereocenters. The number of esters is 3. The third-order valence-corrected chi connectivity index (χ3v) is 13.5. The van der Waals surface area contributed by atoms with Gasteiger partial charge in [0, 0.05) is 19.3 Å². The van der Waals surface area contributed by atoms with Crippen molar-refractivity contribution in [1.82, 2.24) is 0 Å². The van der Waals surface area contributed by atoms with Gasteiger partial charge in [-0.3, -0.25) is 14.4 Å². The fourth-order valence-corrected chi connectivity index (χ4v) is 8.79. The molecule has 76 heavy (non-hydrogen) atoms. The van der Waals surface area contributed by atoms with Gasteiger partial charge in [0.1, 0.15) is 13.2 Å². The molecule has 0 aromatic heterocycles. The average Bonchev–Trinajstić information content (AvgIpc) is 3.42. The van der Waals surface area contributed by atoms with E-state index in [0.717, 1.165) is 122 Å². The summed E-state index contributed by atoms with van der Waals surface area (Å²) in [6, 6.07) is 0. The molecule has 0 aliphatic rings. The van der Waals surface area contributed by atoms with E-state index in [1.807, 2.05) is 0 Å². The van der Waals surface area contributed by atoms with Crippen LogP contribution in [0.25, 0.3) is 0 Å². The van der Waals surface area contributed by atoms with Gasteiger partial charge in [-0.15, -0.1) is 0 Å². The summed E-state index contributed by atoms with van der Waals surface area (Å²) < 4.78 is 16.8. The van der Waals surface area contributed by atoms with Crippen LogP contribution in [0.3, 0.4) is 0 Å². The van der Waals surface area contributed by atoms with E-state index >= 15 is 0 Å². The Morgan fingerprint density at radius 1 is 0.276 bits per heavy atom. The molecule has 0 spiro atoms. The number of rotatable bonds is 57. The lowest BCUT2D eigenvalue weighted by molar-refractivity contribution is -0.167. The van der Waals surface area contributed by atoms with Crippen LogP contribution < -0.4 is 0 Å². The molecule has 0 aromatic carbocycles. The van der Waals surface area contributed by atoms with Gasteiger partial charge in [0.05, 0.1) is 0 Å². The van der Waals surface area contributed by atoms with Crippen molar-refractivity contribution in [3.8, 4) is 0 Å². The van der Waals surface area contributed by atoms with Crippen molar-refractivity contribution in [2.75, 3.05) is 13.2 Å². The summed E-state index contributed by atoms with van der Waals surface area (Å²) in [4.78, 5) is 38.0. The van der Waals surface area contributed by atoms with Gasteiger partial charge in [-0.05, 0) is 89.9 Å². The van der Waals surface area contributed by atoms with Gasteiger partial charge in [-0.2, -0.15) is 0 Å². The Kier molecular flexibility index (Phi) is 60.3. The summed E-state index contributed by atoms with van der Waals surface area (Å²) in [6.07, 6.45) is 87.0. The number of carbonyl (C=O) groups is 3. The van der Waals surface area contributed by atoms with Crippen LogP contribution in [-0.2, 0) is 28.6 Å². The van der Waals surface area contributed by atoms with Crippen molar-refractivity contribution in [3.63, 3.8) is 0 Å². The topological polar surface area (TPSA) is 78.9 Å². The first-order chi connectivity index (χ1) is 37.5. The zero-order chi connectivity index (χ0) is 55.0. The summed E-state index contributed by atoms with van der Waals surface area (Å²) in [7, 11) is 0. The predicted molar refractivity (Wildman–Crippen MR) is 330 cm³/mol. The second-order valence-electron chi connectivity index (χ2n) is 21.0. The number of unbranched alkanes of at least 4 members (excludes halogenated alkanes) is 28. The number of carbonyl (C=O) groups excluding carboxylic acids is 3. The molecule has 6 nitrogen and oxygen atoms in total. The van der Waals surface area contributed by atoms with Gasteiger partial charge in [0.2, 0.25) is 0 Å². The Labute approximate surface area is 470 Å². The van der Waals surface area contributed by atoms with Gasteiger partial charge in [0.25, 0.3) is 0 Å². The summed E-state index contributed by atoms with van der Waals surface area (Å²) >= 11 is 0. The molecule has 0 amide bonds. The highest BCUT2D eigenvalue weighted by Crippen LogP contribution is 2.16. The van der Waals surface area contributed by atoms with Crippen LogP contribution in [0, 0.1) is 0 Å². The van der Waals surface area contributed by atoms with Crippen LogP contribution in [0.4, 0.5) is 0 Å². The quantitative estimate of drug-likeness (QED) is 0.0261. The van der Waals surface area contributed by atoms with E-state index in [-0.39, 0.29) is 31.1 Å². The minimum Gasteiger partial charge on any atom is -0.462 e. The Morgan fingerprint density at radius 2 is 0.513 bits per heavy atom. The van der Waals surface area contributed by atoms with E-state index in [2.05, 4.69) is 130 Å². The van der Waals surface area contributed by atoms with E-state index in [0.29, 0.717) is 19.3 Å². The molecule has 0 rings (SSSR count). The lowest BCUT2D eigenvalue weighted by Crippen LogP contribution is -2.30. The molecule has 1 unspecified atom stereocenters. The molecule has 0 saturated carbocycles. The molecule has 0 aliphatic heterocycles. The monoisotopic (exact) mass is 1050 g/mol. The van der Waals surface area contributed by atoms with Crippen molar-refractivity contribution in [3.05, 3.63) is 109 Å². The molecule has 0 bridgehead atoms. The summed E-state index contributed by atoms with van der Waals surface area (Å²) in [6.45, 7) is 6.46. The fourth-order valence-electron chi connectivity index (χ4n) is 8.79. The minimum atomic E-state index is -0.789. The molecule has 434 valence electrons. The fraction of sp³-hybridized carbons (Fsp3) is 0.700. The first-order valence-electron chi connectivity index (χ1n) is 31.9. The first-order valence-corrected chi connectivity index (χ1v) is 31.9. The molecule has 6 heteroatoms. The number of hydrogen-bond donors (Lipinski definition) is 0. The zero-order valence-electron chi connectivity index (χ0n) is 49.7. The van der Waals surface area contributed by atoms with Crippen LogP contribution in [0.1, 0.15) is 297 Å². The first kappa shape index (κ1) is 72.1. The van der Waals surface area contributed by atoms with E-state index in [9.17, 15) is 14.4 Å². The van der Waals surface area contributed by atoms with Crippen LogP contribution in [0.2, 0.25) is 0 Å². The third kappa shape index (κ3) is 60.9. The van der Waals surface area contributed by atoms with E-state index in [1.54, 1.807) is 0 Å². The molecular weight excluding hydrogens is 937 g/mol.